The van der Waals surface area contributed by atoms with E-state index in [1.54, 1.807) is 12.1 Å². The van der Waals surface area contributed by atoms with Gasteiger partial charge in [-0.25, -0.2) is 4.98 Å². The van der Waals surface area contributed by atoms with Crippen molar-refractivity contribution in [1.29, 1.82) is 0 Å². The lowest BCUT2D eigenvalue weighted by Gasteiger charge is -2.07. The van der Waals surface area contributed by atoms with E-state index in [1.807, 2.05) is 6.92 Å². The van der Waals surface area contributed by atoms with Crippen LogP contribution in [0.25, 0.3) is 11.4 Å². The summed E-state index contributed by atoms with van der Waals surface area (Å²) in [5.74, 6) is -0.0205. The molecule has 0 aliphatic carbocycles. The molecule has 0 fully saturated rings. The number of nitrogens with one attached hydrogen (secondary N) is 2. The number of aryl methyl sites for hydroxylation is 1. The fourth-order valence-electron chi connectivity index (χ4n) is 2.17. The van der Waals surface area contributed by atoms with E-state index < -0.39 is 12.5 Å². The average Bonchev–Trinajstić information content (AvgIpc) is 3.23. The van der Waals surface area contributed by atoms with E-state index >= 15 is 0 Å². The highest BCUT2D eigenvalue weighted by atomic mass is 19.3. The van der Waals surface area contributed by atoms with Crippen LogP contribution in [-0.4, -0.2) is 32.7 Å². The van der Waals surface area contributed by atoms with Gasteiger partial charge in [-0.3, -0.25) is 15.2 Å². The number of carbonyl (C=O) groups is 1. The Bertz CT molecular complexity index is 877. The normalized spacial score (nSPS) is 10.9. The third-order valence-corrected chi connectivity index (χ3v) is 3.25. The van der Waals surface area contributed by atoms with Gasteiger partial charge in [-0.05, 0) is 12.1 Å². The highest BCUT2D eigenvalue weighted by Gasteiger charge is 2.19. The van der Waals surface area contributed by atoms with E-state index in [2.05, 4.69) is 30.2 Å². The first kappa shape index (κ1) is 16.6. The first-order chi connectivity index (χ1) is 12.1. The number of aromatic nitrogens is 4. The van der Waals surface area contributed by atoms with Crippen LogP contribution in [0.5, 0.6) is 5.75 Å². The Labute approximate surface area is 140 Å². The van der Waals surface area contributed by atoms with Crippen LogP contribution in [0.15, 0.2) is 35.1 Å². The molecule has 3 rings (SSSR count). The molecule has 0 radical (unpaired) electrons. The van der Waals surface area contributed by atoms with Crippen molar-refractivity contribution in [3.63, 3.8) is 0 Å². The van der Waals surface area contributed by atoms with Crippen molar-refractivity contribution in [2.45, 2.75) is 20.0 Å². The van der Waals surface area contributed by atoms with Crippen molar-refractivity contribution in [3.8, 4) is 17.1 Å². The average molecular weight is 349 g/mol. The van der Waals surface area contributed by atoms with E-state index in [0.29, 0.717) is 12.2 Å². The lowest BCUT2D eigenvalue weighted by Crippen LogP contribution is -2.15. The molecule has 10 heteroatoms. The fourth-order valence-corrected chi connectivity index (χ4v) is 2.17. The highest BCUT2D eigenvalue weighted by molar-refractivity contribution is 6.02. The molecule has 25 heavy (non-hydrogen) atoms. The van der Waals surface area contributed by atoms with Crippen LogP contribution in [-0.2, 0) is 6.42 Å². The van der Waals surface area contributed by atoms with Crippen LogP contribution in [0.4, 0.5) is 14.7 Å². The highest BCUT2D eigenvalue weighted by Crippen LogP contribution is 2.28. The molecule has 0 spiro atoms. The summed E-state index contributed by atoms with van der Waals surface area (Å²) in [5, 5.41) is 8.88. The zero-order valence-electron chi connectivity index (χ0n) is 13.0. The van der Waals surface area contributed by atoms with Crippen molar-refractivity contribution in [1.82, 2.24) is 20.2 Å². The molecule has 0 bridgehead atoms. The molecule has 1 aromatic carbocycles. The molecule has 8 nitrogen and oxygen atoms in total. The number of oxazole rings is 1. The summed E-state index contributed by atoms with van der Waals surface area (Å²) >= 11 is 0. The van der Waals surface area contributed by atoms with Crippen molar-refractivity contribution in [2.75, 3.05) is 5.32 Å². The van der Waals surface area contributed by atoms with Crippen LogP contribution in [0.3, 0.4) is 0 Å². The zero-order chi connectivity index (χ0) is 17.8. The minimum Gasteiger partial charge on any atom is -0.448 e. The predicted octanol–water partition coefficient (Wildman–Crippen LogP) is 2.88. The van der Waals surface area contributed by atoms with Gasteiger partial charge >= 0.3 is 6.61 Å². The summed E-state index contributed by atoms with van der Waals surface area (Å²) in [6.07, 6.45) is 1.68. The molecule has 3 aromatic rings. The largest absolute Gasteiger partial charge is 0.448 e. The zero-order valence-corrected chi connectivity index (χ0v) is 13.0. The summed E-state index contributed by atoms with van der Waals surface area (Å²) < 4.78 is 34.5. The van der Waals surface area contributed by atoms with Gasteiger partial charge in [0.15, 0.2) is 17.9 Å². The summed E-state index contributed by atoms with van der Waals surface area (Å²) in [6, 6.07) is 6.11. The van der Waals surface area contributed by atoms with Crippen LogP contribution in [0, 0.1) is 0 Å². The molecular formula is C15H13F2N5O3. The molecule has 2 N–H and O–H groups in total. The number of carbonyl (C=O) groups excluding carboxylic acids is 1. The summed E-state index contributed by atoms with van der Waals surface area (Å²) in [4.78, 5) is 20.1. The van der Waals surface area contributed by atoms with Crippen molar-refractivity contribution >= 4 is 11.9 Å². The number of para-hydroxylation sites is 1. The smallest absolute Gasteiger partial charge is 0.387 e. The molecule has 2 aromatic heterocycles. The standard InChI is InChI=1S/C15H13F2N5O3/c1-2-9-11(18-7-24-9)13(23)20-15-19-12(21-22-15)8-5-3-4-6-10(8)25-14(16)17/h3-7,14H,2H2,1H3,(H2,19,20,21,22,23). The first-order valence-electron chi connectivity index (χ1n) is 7.28. The molecular weight excluding hydrogens is 336 g/mol. The van der Waals surface area contributed by atoms with Gasteiger partial charge in [-0.1, -0.05) is 19.1 Å². The second kappa shape index (κ2) is 7.07. The number of anilines is 1. The number of halogens is 2. The van der Waals surface area contributed by atoms with Gasteiger partial charge in [0.1, 0.15) is 11.5 Å². The molecule has 0 aliphatic heterocycles. The maximum atomic E-state index is 12.5. The predicted molar refractivity (Wildman–Crippen MR) is 82.3 cm³/mol. The minimum absolute atomic E-state index is 0.0306. The molecule has 1 amide bonds. The fraction of sp³-hybridized carbons (Fsp3) is 0.200. The Hall–Kier alpha value is -3.30. The van der Waals surface area contributed by atoms with Crippen LogP contribution < -0.4 is 10.1 Å². The third-order valence-electron chi connectivity index (χ3n) is 3.25. The van der Waals surface area contributed by atoms with E-state index in [9.17, 15) is 13.6 Å². The number of aromatic amines is 1. The second-order valence-electron chi connectivity index (χ2n) is 4.81. The number of amides is 1. The quantitative estimate of drug-likeness (QED) is 0.709. The SMILES string of the molecule is CCc1ocnc1C(=O)Nc1n[nH]c(-c2ccccc2OC(F)F)n1. The number of ether oxygens (including phenoxy) is 1. The monoisotopic (exact) mass is 349 g/mol. The second-order valence-corrected chi connectivity index (χ2v) is 4.81. The Morgan fingerprint density at radius 2 is 2.20 bits per heavy atom. The number of alkyl halides is 2. The molecule has 0 saturated heterocycles. The lowest BCUT2D eigenvalue weighted by atomic mass is 10.2. The molecule has 0 atom stereocenters. The minimum atomic E-state index is -2.97. The molecule has 130 valence electrons. The van der Waals surface area contributed by atoms with Crippen molar-refractivity contribution < 1.29 is 22.7 Å². The Morgan fingerprint density at radius 1 is 1.40 bits per heavy atom. The van der Waals surface area contributed by atoms with Crippen molar-refractivity contribution in [3.05, 3.63) is 42.1 Å². The number of hydrogen-bond donors (Lipinski definition) is 2. The maximum absolute atomic E-state index is 12.5. The first-order valence-corrected chi connectivity index (χ1v) is 7.28. The number of hydrogen-bond acceptors (Lipinski definition) is 6. The number of benzene rings is 1. The van der Waals surface area contributed by atoms with Crippen LogP contribution in [0.2, 0.25) is 0 Å². The Kier molecular flexibility index (Phi) is 4.68. The lowest BCUT2D eigenvalue weighted by molar-refractivity contribution is -0.0494. The molecule has 2 heterocycles. The maximum Gasteiger partial charge on any atom is 0.387 e. The van der Waals surface area contributed by atoms with E-state index in [0.717, 1.165) is 0 Å². The summed E-state index contributed by atoms with van der Waals surface area (Å²) in [6.45, 7) is -1.15. The Morgan fingerprint density at radius 3 is 2.96 bits per heavy atom. The third kappa shape index (κ3) is 3.62. The van der Waals surface area contributed by atoms with Gasteiger partial charge < -0.3 is 9.15 Å². The van der Waals surface area contributed by atoms with Gasteiger partial charge in [0.2, 0.25) is 5.95 Å². The number of rotatable bonds is 6. The molecule has 0 unspecified atom stereocenters. The van der Waals surface area contributed by atoms with E-state index in [-0.39, 0.29) is 28.8 Å². The number of nitrogens with zero attached hydrogens (tertiary/aromatic N) is 3. The van der Waals surface area contributed by atoms with Gasteiger partial charge in [0, 0.05) is 6.42 Å². The van der Waals surface area contributed by atoms with Crippen molar-refractivity contribution in [2.24, 2.45) is 0 Å². The van der Waals surface area contributed by atoms with E-state index in [1.165, 1.54) is 18.5 Å². The summed E-state index contributed by atoms with van der Waals surface area (Å²) in [7, 11) is 0. The summed E-state index contributed by atoms with van der Waals surface area (Å²) in [5.41, 5.74) is 0.418. The van der Waals surface area contributed by atoms with Gasteiger partial charge in [-0.15, -0.1) is 5.10 Å². The van der Waals surface area contributed by atoms with Gasteiger partial charge in [0.25, 0.3) is 5.91 Å². The molecule has 0 saturated carbocycles. The molecule has 0 aliphatic rings. The van der Waals surface area contributed by atoms with Gasteiger partial charge in [0.05, 0.1) is 5.56 Å². The van der Waals surface area contributed by atoms with Gasteiger partial charge in [-0.2, -0.15) is 13.8 Å². The van der Waals surface area contributed by atoms with E-state index in [4.69, 9.17) is 4.42 Å². The topological polar surface area (TPSA) is 106 Å². The Balaban J connectivity index is 1.80. The van der Waals surface area contributed by atoms with Crippen LogP contribution in [0.1, 0.15) is 23.2 Å². The van der Waals surface area contributed by atoms with Crippen LogP contribution >= 0.6 is 0 Å². The number of H-pyrrole nitrogens is 1.